The van der Waals surface area contributed by atoms with Crippen molar-refractivity contribution in [3.8, 4) is 0 Å². The van der Waals surface area contributed by atoms with E-state index in [1.807, 2.05) is 0 Å². The molecule has 0 bridgehead atoms. The number of nitrogens with zero attached hydrogens (tertiary/aromatic N) is 1. The van der Waals surface area contributed by atoms with Crippen LogP contribution in [0, 0.1) is 0 Å². The van der Waals surface area contributed by atoms with Crippen molar-refractivity contribution in [3.05, 3.63) is 0 Å². The number of ether oxygens (including phenoxy) is 1. The molecule has 6 heavy (non-hydrogen) atoms. The maximum absolute atomic E-state index is 6.71. The molecule has 0 saturated heterocycles. The van der Waals surface area contributed by atoms with Gasteiger partial charge in [0.15, 0.2) is 0 Å². The Labute approximate surface area is 35.8 Å². The molecule has 1 rings (SSSR count). The molecule has 0 fully saturated rings. The second kappa shape index (κ2) is 1.36. The maximum atomic E-state index is 6.71. The SMILES string of the molecule is [NH]C1N=CCO1. The van der Waals surface area contributed by atoms with Crippen LogP contribution in [0.5, 0.6) is 0 Å². The largest absolute Gasteiger partial charge is 0.337 e. The standard InChI is InChI=1S/C3H5N2O/c4-3-5-1-2-6-3/h1,3-4H,2H2. The summed E-state index contributed by atoms with van der Waals surface area (Å²) in [5.74, 6) is 0. The van der Waals surface area contributed by atoms with Crippen LogP contribution in [0.3, 0.4) is 0 Å². The van der Waals surface area contributed by atoms with Gasteiger partial charge in [-0.2, -0.15) is 0 Å². The summed E-state index contributed by atoms with van der Waals surface area (Å²) in [5.41, 5.74) is 6.71. The first kappa shape index (κ1) is 3.77. The minimum absolute atomic E-state index is 0.508. The first-order chi connectivity index (χ1) is 2.89. The Balaban J connectivity index is 2.38. The highest BCUT2D eigenvalue weighted by Gasteiger charge is 2.00. The van der Waals surface area contributed by atoms with Gasteiger partial charge in [-0.25, -0.2) is 10.7 Å². The van der Waals surface area contributed by atoms with Crippen molar-refractivity contribution in [1.29, 1.82) is 0 Å². The van der Waals surface area contributed by atoms with Crippen LogP contribution in [0.2, 0.25) is 0 Å². The van der Waals surface area contributed by atoms with E-state index in [1.54, 1.807) is 6.21 Å². The second-order valence-corrected chi connectivity index (χ2v) is 1.02. The second-order valence-electron chi connectivity index (χ2n) is 1.02. The topological polar surface area (TPSA) is 45.4 Å². The number of rotatable bonds is 0. The van der Waals surface area contributed by atoms with E-state index in [1.165, 1.54) is 0 Å². The fraction of sp³-hybridized carbons (Fsp3) is 0.667. The highest BCUT2D eigenvalue weighted by atomic mass is 16.5. The average Bonchev–Trinajstić information content (AvgIpc) is 1.86. The third-order valence-corrected chi connectivity index (χ3v) is 0.569. The Bertz CT molecular complexity index is 71.2. The lowest BCUT2D eigenvalue weighted by molar-refractivity contribution is 0.109. The van der Waals surface area contributed by atoms with E-state index < -0.39 is 6.35 Å². The third kappa shape index (κ3) is 0.555. The van der Waals surface area contributed by atoms with E-state index in [9.17, 15) is 0 Å². The molecule has 0 aromatic rings. The zero-order chi connectivity index (χ0) is 4.41. The highest BCUT2D eigenvalue weighted by molar-refractivity contribution is 5.59. The quantitative estimate of drug-likeness (QED) is 0.396. The van der Waals surface area contributed by atoms with Crippen LogP contribution >= 0.6 is 0 Å². The van der Waals surface area contributed by atoms with Gasteiger partial charge in [0.2, 0.25) is 6.35 Å². The zero-order valence-electron chi connectivity index (χ0n) is 3.22. The van der Waals surface area contributed by atoms with Crippen LogP contribution in [0.1, 0.15) is 0 Å². The van der Waals surface area contributed by atoms with Crippen LogP contribution in [0.25, 0.3) is 0 Å². The summed E-state index contributed by atoms with van der Waals surface area (Å²) in [4.78, 5) is 3.56. The Kier molecular flexibility index (Phi) is 0.856. The minimum atomic E-state index is -0.634. The summed E-state index contributed by atoms with van der Waals surface area (Å²) in [5, 5.41) is 0. The van der Waals surface area contributed by atoms with Crippen LogP contribution in [0.4, 0.5) is 0 Å². The first-order valence-corrected chi connectivity index (χ1v) is 1.74. The monoisotopic (exact) mass is 85.0 g/mol. The normalized spacial score (nSPS) is 31.8. The van der Waals surface area contributed by atoms with Crippen molar-refractivity contribution in [1.82, 2.24) is 5.73 Å². The average molecular weight is 85.1 g/mol. The molecule has 33 valence electrons. The molecule has 0 aromatic carbocycles. The van der Waals surface area contributed by atoms with Gasteiger partial charge in [0, 0.05) is 6.21 Å². The molecule has 0 saturated carbocycles. The molecule has 3 nitrogen and oxygen atoms in total. The fourth-order valence-electron chi connectivity index (χ4n) is 0.316. The molecule has 1 atom stereocenters. The lowest BCUT2D eigenvalue weighted by Gasteiger charge is -1.91. The Morgan fingerprint density at radius 2 is 2.83 bits per heavy atom. The van der Waals surface area contributed by atoms with Gasteiger partial charge in [0.05, 0.1) is 6.61 Å². The summed E-state index contributed by atoms with van der Waals surface area (Å²) in [6.45, 7) is 0.508. The Morgan fingerprint density at radius 3 is 3.00 bits per heavy atom. The van der Waals surface area contributed by atoms with Crippen molar-refractivity contribution in [2.45, 2.75) is 6.35 Å². The van der Waals surface area contributed by atoms with E-state index in [-0.39, 0.29) is 0 Å². The van der Waals surface area contributed by atoms with E-state index in [2.05, 4.69) is 9.73 Å². The molecule has 1 radical (unpaired) electrons. The Hall–Kier alpha value is -0.410. The van der Waals surface area contributed by atoms with Gasteiger partial charge in [-0.3, -0.25) is 0 Å². The highest BCUT2D eigenvalue weighted by Crippen LogP contribution is 1.90. The van der Waals surface area contributed by atoms with Gasteiger partial charge in [0.25, 0.3) is 0 Å². The van der Waals surface area contributed by atoms with E-state index in [0.717, 1.165) is 0 Å². The molecule has 0 aromatic heterocycles. The molecule has 0 aliphatic carbocycles. The number of hydrogen-bond donors (Lipinski definition) is 0. The summed E-state index contributed by atoms with van der Waals surface area (Å²) < 4.78 is 4.60. The predicted molar refractivity (Wildman–Crippen MR) is 21.3 cm³/mol. The van der Waals surface area contributed by atoms with E-state index in [0.29, 0.717) is 6.61 Å². The first-order valence-electron chi connectivity index (χ1n) is 1.74. The van der Waals surface area contributed by atoms with Gasteiger partial charge >= 0.3 is 0 Å². The molecule has 1 aliphatic heterocycles. The fourth-order valence-corrected chi connectivity index (χ4v) is 0.316. The van der Waals surface area contributed by atoms with Crippen LogP contribution in [-0.4, -0.2) is 19.2 Å². The van der Waals surface area contributed by atoms with Gasteiger partial charge in [0.1, 0.15) is 0 Å². The maximum Gasteiger partial charge on any atom is 0.217 e. The van der Waals surface area contributed by atoms with Gasteiger partial charge in [-0.15, -0.1) is 0 Å². The number of hydrogen-bond acceptors (Lipinski definition) is 2. The summed E-state index contributed by atoms with van der Waals surface area (Å²) in [7, 11) is 0. The molecule has 1 heterocycles. The summed E-state index contributed by atoms with van der Waals surface area (Å²) in [6, 6.07) is 0. The van der Waals surface area contributed by atoms with Crippen molar-refractivity contribution in [2.75, 3.05) is 6.61 Å². The third-order valence-electron chi connectivity index (χ3n) is 0.569. The molecular formula is C3H5N2O. The summed E-state index contributed by atoms with van der Waals surface area (Å²) in [6.07, 6.45) is 0.961. The van der Waals surface area contributed by atoms with Gasteiger partial charge in [-0.1, -0.05) is 0 Å². The van der Waals surface area contributed by atoms with Crippen molar-refractivity contribution in [2.24, 2.45) is 4.99 Å². The lowest BCUT2D eigenvalue weighted by Crippen LogP contribution is -2.02. The van der Waals surface area contributed by atoms with Crippen molar-refractivity contribution >= 4 is 6.21 Å². The molecule has 0 amide bonds. The molecular weight excluding hydrogens is 80.0 g/mol. The van der Waals surface area contributed by atoms with Crippen LogP contribution in [0.15, 0.2) is 4.99 Å². The molecule has 3 heteroatoms. The number of aliphatic imine (C=N–C) groups is 1. The summed E-state index contributed by atoms with van der Waals surface area (Å²) >= 11 is 0. The minimum Gasteiger partial charge on any atom is -0.337 e. The van der Waals surface area contributed by atoms with Crippen LogP contribution < -0.4 is 5.73 Å². The molecule has 1 aliphatic rings. The molecule has 1 unspecified atom stereocenters. The molecule has 1 N–H and O–H groups in total. The van der Waals surface area contributed by atoms with Crippen molar-refractivity contribution in [3.63, 3.8) is 0 Å². The molecule has 0 spiro atoms. The smallest absolute Gasteiger partial charge is 0.217 e. The van der Waals surface area contributed by atoms with Gasteiger partial charge in [-0.05, 0) is 0 Å². The zero-order valence-corrected chi connectivity index (χ0v) is 3.22. The number of nitrogens with one attached hydrogen (secondary N) is 1. The van der Waals surface area contributed by atoms with Crippen molar-refractivity contribution < 1.29 is 4.74 Å². The van der Waals surface area contributed by atoms with Gasteiger partial charge < -0.3 is 4.74 Å². The van der Waals surface area contributed by atoms with E-state index in [4.69, 9.17) is 5.73 Å². The van der Waals surface area contributed by atoms with E-state index >= 15 is 0 Å². The Morgan fingerprint density at radius 1 is 2.00 bits per heavy atom. The lowest BCUT2D eigenvalue weighted by atomic mass is 10.8. The predicted octanol–water partition coefficient (Wildman–Crippen LogP) is -0.346. The van der Waals surface area contributed by atoms with Crippen LogP contribution in [-0.2, 0) is 4.74 Å².